The molecule has 30 heavy (non-hydrogen) atoms. The number of fused-ring (bicyclic) bond motifs is 2. The molecule has 0 spiro atoms. The van der Waals surface area contributed by atoms with E-state index in [1.54, 1.807) is 12.1 Å². The number of aromatic hydroxyl groups is 2. The van der Waals surface area contributed by atoms with Crippen LogP contribution in [-0.4, -0.2) is 10.2 Å². The summed E-state index contributed by atoms with van der Waals surface area (Å²) in [5, 5.41) is 22.6. The third-order valence-corrected chi connectivity index (χ3v) is 5.48. The molecule has 0 atom stereocenters. The topological polar surface area (TPSA) is 48.2 Å². The number of para-hydroxylation sites is 2. The van der Waals surface area contributed by atoms with E-state index >= 15 is 0 Å². The predicted molar refractivity (Wildman–Crippen MR) is 116 cm³/mol. The van der Waals surface area contributed by atoms with Crippen molar-refractivity contribution in [1.29, 1.82) is 0 Å². The fourth-order valence-corrected chi connectivity index (χ4v) is 4.05. The zero-order chi connectivity index (χ0) is 20.5. The summed E-state index contributed by atoms with van der Waals surface area (Å²) in [6.45, 7) is 1.36. The van der Waals surface area contributed by atoms with E-state index in [0.717, 1.165) is 32.9 Å². The van der Waals surface area contributed by atoms with Gasteiger partial charge in [-0.2, -0.15) is 9.13 Å². The van der Waals surface area contributed by atoms with Crippen LogP contribution < -0.4 is 9.13 Å². The number of benzene rings is 3. The molecular weight excluding hydrogens is 372 g/mol. The Balaban J connectivity index is 1.43. The van der Waals surface area contributed by atoms with Gasteiger partial charge in [0, 0.05) is 23.3 Å². The van der Waals surface area contributed by atoms with Crippen molar-refractivity contribution in [2.24, 2.45) is 0 Å². The zero-order valence-electron chi connectivity index (χ0n) is 16.4. The summed E-state index contributed by atoms with van der Waals surface area (Å²) in [6.07, 6.45) is 3.98. The Labute approximate surface area is 174 Å². The van der Waals surface area contributed by atoms with Gasteiger partial charge in [0.2, 0.25) is 0 Å². The molecule has 4 nitrogen and oxygen atoms in total. The molecule has 0 saturated carbocycles. The molecule has 0 bridgehead atoms. The lowest BCUT2D eigenvalue weighted by Gasteiger charge is -2.05. The molecular formula is C26H22N2O2+2. The lowest BCUT2D eigenvalue weighted by Crippen LogP contribution is -2.35. The van der Waals surface area contributed by atoms with Crippen molar-refractivity contribution >= 4 is 21.8 Å². The van der Waals surface area contributed by atoms with Gasteiger partial charge in [-0.15, -0.1) is 0 Å². The molecule has 3 aromatic carbocycles. The second-order valence-corrected chi connectivity index (χ2v) is 7.52. The number of hydrogen-bond donors (Lipinski definition) is 2. The van der Waals surface area contributed by atoms with Crippen LogP contribution >= 0.6 is 0 Å². The third kappa shape index (κ3) is 3.33. The lowest BCUT2D eigenvalue weighted by molar-refractivity contribution is -0.663. The molecule has 0 fully saturated rings. The van der Waals surface area contributed by atoms with Gasteiger partial charge in [-0.1, -0.05) is 36.4 Å². The minimum Gasteiger partial charge on any atom is -0.502 e. The summed E-state index contributed by atoms with van der Waals surface area (Å²) in [4.78, 5) is 0. The van der Waals surface area contributed by atoms with Crippen molar-refractivity contribution in [3.8, 4) is 11.5 Å². The van der Waals surface area contributed by atoms with Crippen LogP contribution in [0.5, 0.6) is 11.5 Å². The van der Waals surface area contributed by atoms with Gasteiger partial charge in [0.15, 0.2) is 37.0 Å². The molecule has 5 aromatic rings. The van der Waals surface area contributed by atoms with Gasteiger partial charge in [-0.05, 0) is 36.4 Å². The summed E-state index contributed by atoms with van der Waals surface area (Å²) >= 11 is 0. The van der Waals surface area contributed by atoms with E-state index in [4.69, 9.17) is 0 Å². The van der Waals surface area contributed by atoms with E-state index in [1.807, 2.05) is 60.9 Å². The zero-order valence-corrected chi connectivity index (χ0v) is 16.4. The highest BCUT2D eigenvalue weighted by molar-refractivity contribution is 5.81. The molecule has 2 heterocycles. The highest BCUT2D eigenvalue weighted by Gasteiger charge is 2.15. The largest absolute Gasteiger partial charge is 0.502 e. The van der Waals surface area contributed by atoms with Crippen molar-refractivity contribution in [2.45, 2.75) is 13.1 Å². The van der Waals surface area contributed by atoms with Gasteiger partial charge in [0.1, 0.15) is 0 Å². The van der Waals surface area contributed by atoms with Gasteiger partial charge in [0.25, 0.3) is 11.0 Å². The standard InChI is InChI=1S/C26H20N2O2/c29-23-9-1-5-21-7-3-15-27(25(21)23)17-19-11-13-20(14-12-19)18-28-16-4-8-22-6-2-10-24(30)26(22)28/h1-16H,17-18H2/p+2. The van der Waals surface area contributed by atoms with E-state index < -0.39 is 0 Å². The number of aromatic nitrogens is 2. The van der Waals surface area contributed by atoms with E-state index in [0.29, 0.717) is 13.1 Å². The number of pyridine rings is 2. The van der Waals surface area contributed by atoms with E-state index in [2.05, 4.69) is 33.4 Å². The van der Waals surface area contributed by atoms with Gasteiger partial charge >= 0.3 is 0 Å². The summed E-state index contributed by atoms with van der Waals surface area (Å²) in [5.74, 6) is 0.578. The van der Waals surface area contributed by atoms with Crippen LogP contribution in [0.4, 0.5) is 0 Å². The minimum absolute atomic E-state index is 0.289. The Kier molecular flexibility index (Phi) is 4.52. The minimum atomic E-state index is 0.289. The van der Waals surface area contributed by atoms with E-state index in [9.17, 15) is 10.2 Å². The highest BCUT2D eigenvalue weighted by Crippen LogP contribution is 2.22. The summed E-state index contributed by atoms with van der Waals surface area (Å²) < 4.78 is 4.13. The molecule has 4 heteroatoms. The second kappa shape index (κ2) is 7.48. The summed E-state index contributed by atoms with van der Waals surface area (Å²) in [7, 11) is 0. The van der Waals surface area contributed by atoms with Gasteiger partial charge in [-0.25, -0.2) is 0 Å². The Morgan fingerprint density at radius 2 is 0.900 bits per heavy atom. The maximum absolute atomic E-state index is 10.3. The lowest BCUT2D eigenvalue weighted by atomic mass is 10.1. The van der Waals surface area contributed by atoms with Crippen LogP contribution in [0.1, 0.15) is 11.1 Å². The SMILES string of the molecule is Oc1cccc2ccc[n+](Cc3ccc(C[n+]4cccc5cccc(O)c54)cc3)c12. The van der Waals surface area contributed by atoms with E-state index in [1.165, 1.54) is 0 Å². The van der Waals surface area contributed by atoms with E-state index in [-0.39, 0.29) is 11.5 Å². The quantitative estimate of drug-likeness (QED) is 0.452. The van der Waals surface area contributed by atoms with Crippen molar-refractivity contribution in [3.63, 3.8) is 0 Å². The first kappa shape index (κ1) is 18.1. The Hall–Kier alpha value is -3.92. The number of phenols is 2. The molecule has 0 amide bonds. The van der Waals surface area contributed by atoms with Crippen molar-refractivity contribution in [2.75, 3.05) is 0 Å². The first-order valence-electron chi connectivity index (χ1n) is 9.97. The normalized spacial score (nSPS) is 11.2. The highest BCUT2D eigenvalue weighted by atomic mass is 16.3. The number of phenolic OH excluding ortho intramolecular Hbond substituents is 2. The molecule has 0 aliphatic carbocycles. The Morgan fingerprint density at radius 3 is 1.33 bits per heavy atom. The number of nitrogens with zero attached hydrogens (tertiary/aromatic N) is 2. The fraction of sp³-hybridized carbons (Fsp3) is 0.0769. The molecule has 0 aliphatic heterocycles. The Bertz CT molecular complexity index is 1240. The molecule has 0 aliphatic rings. The first-order valence-corrected chi connectivity index (χ1v) is 9.97. The molecule has 5 rings (SSSR count). The van der Waals surface area contributed by atoms with Crippen molar-refractivity contribution in [3.05, 3.63) is 108 Å². The van der Waals surface area contributed by atoms with Crippen LogP contribution in [0, 0.1) is 0 Å². The van der Waals surface area contributed by atoms with Crippen LogP contribution in [0.25, 0.3) is 21.8 Å². The van der Waals surface area contributed by atoms with Crippen LogP contribution in [0.3, 0.4) is 0 Å². The predicted octanol–water partition coefficient (Wildman–Crippen LogP) is 4.08. The van der Waals surface area contributed by atoms with Crippen LogP contribution in [0.2, 0.25) is 0 Å². The molecule has 0 saturated heterocycles. The van der Waals surface area contributed by atoms with Crippen LogP contribution in [0.15, 0.2) is 97.3 Å². The monoisotopic (exact) mass is 394 g/mol. The molecule has 2 aromatic heterocycles. The first-order chi connectivity index (χ1) is 14.7. The van der Waals surface area contributed by atoms with Crippen LogP contribution in [-0.2, 0) is 13.1 Å². The van der Waals surface area contributed by atoms with Gasteiger partial charge in [-0.3, -0.25) is 0 Å². The van der Waals surface area contributed by atoms with Crippen molar-refractivity contribution < 1.29 is 19.3 Å². The average Bonchev–Trinajstić information content (AvgIpc) is 2.76. The number of rotatable bonds is 4. The smallest absolute Gasteiger partial charge is 0.254 e. The van der Waals surface area contributed by atoms with Crippen molar-refractivity contribution in [1.82, 2.24) is 0 Å². The fourth-order valence-electron chi connectivity index (χ4n) is 4.05. The van der Waals surface area contributed by atoms with Gasteiger partial charge < -0.3 is 10.2 Å². The molecule has 2 N–H and O–H groups in total. The maximum atomic E-state index is 10.3. The third-order valence-electron chi connectivity index (χ3n) is 5.48. The molecule has 0 radical (unpaired) electrons. The second-order valence-electron chi connectivity index (χ2n) is 7.52. The van der Waals surface area contributed by atoms with Gasteiger partial charge in [0.05, 0.1) is 10.8 Å². The molecule has 146 valence electrons. The summed E-state index contributed by atoms with van der Waals surface area (Å²) in [6, 6.07) is 27.7. The molecule has 0 unspecified atom stereocenters. The maximum Gasteiger partial charge on any atom is 0.254 e. The Morgan fingerprint density at radius 1 is 0.500 bits per heavy atom. The number of hydrogen-bond acceptors (Lipinski definition) is 2. The summed E-state index contributed by atoms with van der Waals surface area (Å²) in [5.41, 5.74) is 3.99. The average molecular weight is 394 g/mol.